The van der Waals surface area contributed by atoms with Gasteiger partial charge < -0.3 is 10.1 Å². The summed E-state index contributed by atoms with van der Waals surface area (Å²) in [7, 11) is 0. The zero-order valence-corrected chi connectivity index (χ0v) is 10.9. The number of Topliss-reactive ketones (excluding diaryl/α,β-unsaturated/α-hetero) is 1. The highest BCUT2D eigenvalue weighted by atomic mass is 16.5. The summed E-state index contributed by atoms with van der Waals surface area (Å²) in [5, 5.41) is 2.80. The van der Waals surface area contributed by atoms with Crippen LogP contribution in [0.4, 0.5) is 0 Å². The van der Waals surface area contributed by atoms with Gasteiger partial charge in [0, 0.05) is 24.3 Å². The van der Waals surface area contributed by atoms with Gasteiger partial charge in [-0.25, -0.2) is 0 Å². The molecule has 19 heavy (non-hydrogen) atoms. The van der Waals surface area contributed by atoms with E-state index < -0.39 is 0 Å². The van der Waals surface area contributed by atoms with Crippen molar-refractivity contribution in [1.29, 1.82) is 0 Å². The number of hydrogen-bond acceptors (Lipinski definition) is 3. The molecule has 2 aliphatic heterocycles. The molecule has 0 spiro atoms. The Morgan fingerprint density at radius 3 is 3.00 bits per heavy atom. The largest absolute Gasteiger partial charge is 0.370 e. The van der Waals surface area contributed by atoms with Crippen LogP contribution < -0.4 is 5.32 Å². The van der Waals surface area contributed by atoms with E-state index in [9.17, 15) is 9.59 Å². The lowest BCUT2D eigenvalue weighted by Crippen LogP contribution is -2.32. The predicted molar refractivity (Wildman–Crippen MR) is 70.3 cm³/mol. The maximum atomic E-state index is 12.4. The van der Waals surface area contributed by atoms with Gasteiger partial charge >= 0.3 is 0 Å². The Labute approximate surface area is 112 Å². The molecule has 2 aliphatic rings. The molecule has 1 aromatic rings. The van der Waals surface area contributed by atoms with E-state index in [1.807, 2.05) is 19.1 Å². The van der Waals surface area contributed by atoms with E-state index in [1.54, 1.807) is 6.07 Å². The van der Waals surface area contributed by atoms with Crippen molar-refractivity contribution in [2.24, 2.45) is 5.92 Å². The Morgan fingerprint density at radius 1 is 1.42 bits per heavy atom. The molecule has 1 fully saturated rings. The third-order valence-corrected chi connectivity index (χ3v) is 3.96. The first kappa shape index (κ1) is 12.4. The molecule has 0 bridgehead atoms. The van der Waals surface area contributed by atoms with E-state index in [-0.39, 0.29) is 23.7 Å². The van der Waals surface area contributed by atoms with Gasteiger partial charge in [0.25, 0.3) is 5.91 Å². The SMILES string of the molecule is CC1CCOC1C(=O)c1ccc2c(c1)C(=O)NCC2. The van der Waals surface area contributed by atoms with Crippen LogP contribution >= 0.6 is 0 Å². The number of amides is 1. The minimum atomic E-state index is -0.357. The summed E-state index contributed by atoms with van der Waals surface area (Å²) in [6.07, 6.45) is 1.39. The van der Waals surface area contributed by atoms with E-state index in [0.29, 0.717) is 24.3 Å². The molecule has 4 nitrogen and oxygen atoms in total. The number of fused-ring (bicyclic) bond motifs is 1. The second-order valence-corrected chi connectivity index (χ2v) is 5.30. The monoisotopic (exact) mass is 259 g/mol. The summed E-state index contributed by atoms with van der Waals surface area (Å²) in [6, 6.07) is 5.41. The standard InChI is InChI=1S/C15H17NO3/c1-9-5-7-19-14(9)13(17)11-3-2-10-4-6-16-15(18)12(10)8-11/h2-3,8-9,14H,4-7H2,1H3,(H,16,18). The van der Waals surface area contributed by atoms with Crippen molar-refractivity contribution in [3.63, 3.8) is 0 Å². The summed E-state index contributed by atoms with van der Waals surface area (Å²) >= 11 is 0. The molecule has 0 aliphatic carbocycles. The van der Waals surface area contributed by atoms with Crippen molar-refractivity contribution in [1.82, 2.24) is 5.32 Å². The highest BCUT2D eigenvalue weighted by Crippen LogP contribution is 2.25. The predicted octanol–water partition coefficient (Wildman–Crippen LogP) is 1.58. The normalized spacial score (nSPS) is 25.8. The van der Waals surface area contributed by atoms with Crippen molar-refractivity contribution >= 4 is 11.7 Å². The van der Waals surface area contributed by atoms with E-state index in [4.69, 9.17) is 4.74 Å². The van der Waals surface area contributed by atoms with Crippen LogP contribution in [0.25, 0.3) is 0 Å². The summed E-state index contributed by atoms with van der Waals surface area (Å²) in [6.45, 7) is 3.34. The number of ketones is 1. The molecule has 3 rings (SSSR count). The smallest absolute Gasteiger partial charge is 0.251 e. The van der Waals surface area contributed by atoms with Crippen LogP contribution in [0.3, 0.4) is 0 Å². The fourth-order valence-corrected chi connectivity index (χ4v) is 2.76. The lowest BCUT2D eigenvalue weighted by molar-refractivity contribution is 0.0579. The van der Waals surface area contributed by atoms with Gasteiger partial charge in [0.15, 0.2) is 5.78 Å². The second kappa shape index (κ2) is 4.78. The summed E-state index contributed by atoms with van der Waals surface area (Å²) in [5.74, 6) is 0.153. The first-order valence-electron chi connectivity index (χ1n) is 6.74. The summed E-state index contributed by atoms with van der Waals surface area (Å²) in [5.41, 5.74) is 2.22. The molecule has 2 heterocycles. The fourth-order valence-electron chi connectivity index (χ4n) is 2.76. The quantitative estimate of drug-likeness (QED) is 0.820. The maximum Gasteiger partial charge on any atom is 0.251 e. The number of carbonyl (C=O) groups is 2. The molecular formula is C15H17NO3. The van der Waals surface area contributed by atoms with E-state index >= 15 is 0 Å². The molecule has 2 atom stereocenters. The molecule has 0 saturated carbocycles. The van der Waals surface area contributed by atoms with Gasteiger partial charge in [-0.05, 0) is 30.4 Å². The average Bonchev–Trinajstić information content (AvgIpc) is 2.84. The maximum absolute atomic E-state index is 12.4. The van der Waals surface area contributed by atoms with Crippen molar-refractivity contribution < 1.29 is 14.3 Å². The van der Waals surface area contributed by atoms with Crippen LogP contribution in [0.2, 0.25) is 0 Å². The number of hydrogen-bond donors (Lipinski definition) is 1. The van der Waals surface area contributed by atoms with Crippen molar-refractivity contribution in [3.05, 3.63) is 34.9 Å². The Bertz CT molecular complexity index is 538. The lowest BCUT2D eigenvalue weighted by atomic mass is 9.92. The topological polar surface area (TPSA) is 55.4 Å². The minimum Gasteiger partial charge on any atom is -0.370 e. The Morgan fingerprint density at radius 2 is 2.26 bits per heavy atom. The molecular weight excluding hydrogens is 242 g/mol. The van der Waals surface area contributed by atoms with E-state index in [1.165, 1.54) is 0 Å². The number of benzene rings is 1. The molecule has 1 N–H and O–H groups in total. The first-order chi connectivity index (χ1) is 9.16. The number of nitrogens with one attached hydrogen (secondary N) is 1. The van der Waals surface area contributed by atoms with Crippen LogP contribution in [0.1, 0.15) is 39.6 Å². The van der Waals surface area contributed by atoms with Gasteiger partial charge in [-0.1, -0.05) is 19.1 Å². The molecule has 0 radical (unpaired) electrons. The molecule has 4 heteroatoms. The number of rotatable bonds is 2. The summed E-state index contributed by atoms with van der Waals surface area (Å²) < 4.78 is 5.50. The van der Waals surface area contributed by atoms with Crippen LogP contribution in [0.5, 0.6) is 0 Å². The molecule has 100 valence electrons. The zero-order chi connectivity index (χ0) is 13.4. The van der Waals surface area contributed by atoms with Gasteiger partial charge in [0.2, 0.25) is 0 Å². The first-order valence-corrected chi connectivity index (χ1v) is 6.74. The Hall–Kier alpha value is -1.68. The molecule has 0 aromatic heterocycles. The van der Waals surface area contributed by atoms with Gasteiger partial charge in [0.1, 0.15) is 6.10 Å². The number of ether oxygens (including phenoxy) is 1. The van der Waals surface area contributed by atoms with E-state index in [0.717, 1.165) is 18.4 Å². The third kappa shape index (κ3) is 2.16. The van der Waals surface area contributed by atoms with Crippen molar-refractivity contribution in [2.45, 2.75) is 25.9 Å². The van der Waals surface area contributed by atoms with E-state index in [2.05, 4.69) is 5.32 Å². The van der Waals surface area contributed by atoms with Gasteiger partial charge in [-0.15, -0.1) is 0 Å². The lowest BCUT2D eigenvalue weighted by Gasteiger charge is -2.18. The minimum absolute atomic E-state index is 0.00817. The molecule has 1 amide bonds. The van der Waals surface area contributed by atoms with Gasteiger partial charge in [-0.3, -0.25) is 9.59 Å². The highest BCUT2D eigenvalue weighted by Gasteiger charge is 2.32. The zero-order valence-electron chi connectivity index (χ0n) is 10.9. The fraction of sp³-hybridized carbons (Fsp3) is 0.467. The van der Waals surface area contributed by atoms with Crippen LogP contribution in [0.15, 0.2) is 18.2 Å². The highest BCUT2D eigenvalue weighted by molar-refractivity contribution is 6.03. The van der Waals surface area contributed by atoms with Crippen LogP contribution in [-0.2, 0) is 11.2 Å². The number of carbonyl (C=O) groups excluding carboxylic acids is 2. The van der Waals surface area contributed by atoms with Gasteiger partial charge in [-0.2, -0.15) is 0 Å². The molecule has 2 unspecified atom stereocenters. The average molecular weight is 259 g/mol. The second-order valence-electron chi connectivity index (χ2n) is 5.30. The van der Waals surface area contributed by atoms with Crippen LogP contribution in [0, 0.1) is 5.92 Å². The third-order valence-electron chi connectivity index (χ3n) is 3.96. The Balaban J connectivity index is 1.91. The molecule has 1 aromatic carbocycles. The van der Waals surface area contributed by atoms with Gasteiger partial charge in [0.05, 0.1) is 0 Å². The molecule has 1 saturated heterocycles. The summed E-state index contributed by atoms with van der Waals surface area (Å²) in [4.78, 5) is 24.2. The van der Waals surface area contributed by atoms with Crippen molar-refractivity contribution in [2.75, 3.05) is 13.2 Å². The Kier molecular flexibility index (Phi) is 3.11. The van der Waals surface area contributed by atoms with Crippen LogP contribution in [-0.4, -0.2) is 30.9 Å². The van der Waals surface area contributed by atoms with Crippen molar-refractivity contribution in [3.8, 4) is 0 Å².